The number of phosphoric ester groups is 2. The van der Waals surface area contributed by atoms with Crippen LogP contribution in [0, 0.1) is 5.92 Å². The molecule has 0 aromatic carbocycles. The zero-order valence-corrected chi connectivity index (χ0v) is 68.7. The van der Waals surface area contributed by atoms with Gasteiger partial charge in [0.25, 0.3) is 0 Å². The predicted molar refractivity (Wildman–Crippen MR) is 423 cm³/mol. The van der Waals surface area contributed by atoms with Crippen LogP contribution in [0.3, 0.4) is 0 Å². The second-order valence-corrected chi connectivity index (χ2v) is 32.7. The Labute approximate surface area is 631 Å². The van der Waals surface area contributed by atoms with Crippen molar-refractivity contribution >= 4 is 39.5 Å². The highest BCUT2D eigenvalue weighted by molar-refractivity contribution is 7.47. The first-order valence-electron chi connectivity index (χ1n) is 43.0. The lowest BCUT2D eigenvalue weighted by Gasteiger charge is -2.21. The fourth-order valence-electron chi connectivity index (χ4n) is 12.5. The van der Waals surface area contributed by atoms with E-state index in [-0.39, 0.29) is 25.7 Å². The van der Waals surface area contributed by atoms with Crippen molar-refractivity contribution in [2.45, 2.75) is 445 Å². The van der Waals surface area contributed by atoms with E-state index in [1.54, 1.807) is 0 Å². The molecular formula is C84H160O17P2. The molecule has 0 bridgehead atoms. The van der Waals surface area contributed by atoms with Crippen molar-refractivity contribution in [1.82, 2.24) is 0 Å². The molecule has 0 heterocycles. The lowest BCUT2D eigenvalue weighted by Crippen LogP contribution is -2.30. The number of phosphoric acid groups is 2. The zero-order valence-electron chi connectivity index (χ0n) is 66.9. The molecule has 3 N–H and O–H groups in total. The third kappa shape index (κ3) is 76.1. The van der Waals surface area contributed by atoms with Crippen LogP contribution in [0.4, 0.5) is 0 Å². The van der Waals surface area contributed by atoms with E-state index < -0.39 is 97.5 Å². The van der Waals surface area contributed by atoms with Gasteiger partial charge in [0.1, 0.15) is 19.3 Å². The van der Waals surface area contributed by atoms with Crippen molar-refractivity contribution in [2.24, 2.45) is 5.92 Å². The number of rotatable bonds is 82. The zero-order chi connectivity index (χ0) is 75.5. The van der Waals surface area contributed by atoms with Crippen LogP contribution in [0.5, 0.6) is 0 Å². The Bertz CT molecular complexity index is 2060. The molecule has 0 aliphatic carbocycles. The van der Waals surface area contributed by atoms with Crippen LogP contribution in [-0.4, -0.2) is 96.7 Å². The summed E-state index contributed by atoms with van der Waals surface area (Å²) in [6.07, 6.45) is 71.6. The van der Waals surface area contributed by atoms with Gasteiger partial charge < -0.3 is 33.8 Å². The molecule has 103 heavy (non-hydrogen) atoms. The normalized spacial score (nSPS) is 14.2. The monoisotopic (exact) mass is 1500 g/mol. The van der Waals surface area contributed by atoms with Gasteiger partial charge in [0.15, 0.2) is 12.2 Å². The summed E-state index contributed by atoms with van der Waals surface area (Å²) in [5.74, 6) is -1.26. The van der Waals surface area contributed by atoms with Gasteiger partial charge >= 0.3 is 39.5 Å². The number of hydrogen-bond acceptors (Lipinski definition) is 15. The van der Waals surface area contributed by atoms with Gasteiger partial charge in [-0.3, -0.25) is 37.3 Å². The smallest absolute Gasteiger partial charge is 0.462 e. The second-order valence-electron chi connectivity index (χ2n) is 29.8. The number of unbranched alkanes of at least 4 members (excludes halogenated alkanes) is 50. The summed E-state index contributed by atoms with van der Waals surface area (Å²) < 4.78 is 68.7. The van der Waals surface area contributed by atoms with Gasteiger partial charge in [0.05, 0.1) is 26.4 Å². The third-order valence-electron chi connectivity index (χ3n) is 19.5. The second kappa shape index (κ2) is 76.3. The van der Waals surface area contributed by atoms with Crippen molar-refractivity contribution in [1.29, 1.82) is 0 Å². The molecule has 0 fully saturated rings. The fourth-order valence-corrected chi connectivity index (χ4v) is 14.1. The minimum Gasteiger partial charge on any atom is -0.462 e. The van der Waals surface area contributed by atoms with Crippen LogP contribution in [0.25, 0.3) is 0 Å². The average Bonchev–Trinajstić information content (AvgIpc) is 0.939. The number of esters is 4. The molecule has 0 aliphatic heterocycles. The van der Waals surface area contributed by atoms with Crippen molar-refractivity contribution in [3.05, 3.63) is 24.3 Å². The highest BCUT2D eigenvalue weighted by atomic mass is 31.2. The van der Waals surface area contributed by atoms with Crippen molar-refractivity contribution in [2.75, 3.05) is 39.6 Å². The molecule has 0 aromatic rings. The largest absolute Gasteiger partial charge is 0.472 e. The molecule has 0 aliphatic rings. The molecule has 0 spiro atoms. The fraction of sp³-hybridized carbons (Fsp3) is 0.905. The van der Waals surface area contributed by atoms with Gasteiger partial charge in [-0.2, -0.15) is 0 Å². The lowest BCUT2D eigenvalue weighted by molar-refractivity contribution is -0.161. The molecule has 0 radical (unpaired) electrons. The number of ether oxygens (including phenoxy) is 4. The van der Waals surface area contributed by atoms with Crippen molar-refractivity contribution in [3.8, 4) is 0 Å². The number of carbonyl (C=O) groups excluding carboxylic acids is 4. The van der Waals surface area contributed by atoms with E-state index in [1.165, 1.54) is 238 Å². The van der Waals surface area contributed by atoms with Gasteiger partial charge in [-0.05, 0) is 57.3 Å². The Kier molecular flexibility index (Phi) is 74.5. The van der Waals surface area contributed by atoms with Crippen LogP contribution in [0.2, 0.25) is 0 Å². The molecule has 608 valence electrons. The topological polar surface area (TPSA) is 237 Å². The first-order valence-corrected chi connectivity index (χ1v) is 46.0. The van der Waals surface area contributed by atoms with Crippen molar-refractivity contribution in [3.63, 3.8) is 0 Å². The van der Waals surface area contributed by atoms with Crippen LogP contribution in [-0.2, 0) is 65.4 Å². The number of allylic oxidation sites excluding steroid dienone is 4. The predicted octanol–water partition coefficient (Wildman–Crippen LogP) is 25.1. The van der Waals surface area contributed by atoms with E-state index in [4.69, 9.17) is 37.0 Å². The Balaban J connectivity index is 5.23. The summed E-state index contributed by atoms with van der Waals surface area (Å²) in [6, 6.07) is 0. The minimum atomic E-state index is -4.97. The molecule has 3 unspecified atom stereocenters. The van der Waals surface area contributed by atoms with Crippen LogP contribution in [0.15, 0.2) is 24.3 Å². The molecule has 0 rings (SSSR count). The van der Waals surface area contributed by atoms with E-state index in [0.717, 1.165) is 109 Å². The molecule has 0 amide bonds. The van der Waals surface area contributed by atoms with Crippen molar-refractivity contribution < 1.29 is 80.2 Å². The van der Waals surface area contributed by atoms with Gasteiger partial charge in [-0.15, -0.1) is 0 Å². The maximum absolute atomic E-state index is 13.1. The molecule has 0 saturated carbocycles. The summed E-state index contributed by atoms with van der Waals surface area (Å²) in [7, 11) is -9.93. The highest BCUT2D eigenvalue weighted by Gasteiger charge is 2.30. The minimum absolute atomic E-state index is 0.0855. The van der Waals surface area contributed by atoms with E-state index in [1.807, 2.05) is 0 Å². The number of carbonyl (C=O) groups is 4. The maximum Gasteiger partial charge on any atom is 0.472 e. The summed E-state index contributed by atoms with van der Waals surface area (Å²) in [6.45, 7) is 7.33. The number of aliphatic hydroxyl groups is 1. The molecule has 6 atom stereocenters. The van der Waals surface area contributed by atoms with E-state index in [2.05, 4.69) is 58.9 Å². The molecule has 17 nitrogen and oxygen atoms in total. The summed E-state index contributed by atoms with van der Waals surface area (Å²) in [4.78, 5) is 73.0. The van der Waals surface area contributed by atoms with Gasteiger partial charge in [0, 0.05) is 25.7 Å². The van der Waals surface area contributed by atoms with Crippen LogP contribution >= 0.6 is 15.6 Å². The summed E-state index contributed by atoms with van der Waals surface area (Å²) in [5, 5.41) is 10.6. The molecule has 19 heteroatoms. The SMILES string of the molecule is CCCCCC/C=C\C=C/CCCCCCCC(=O)O[C@H](COC(=O)CCCCCCCCCCC)COP(=O)(O)OC[C@H](O)COP(=O)(O)OC[C@@H](COC(=O)CCCCCCCCCCCCCCCCCCC)OC(=O)CCCCCCCCCCCCCCCCCCCCC(C)CC. The van der Waals surface area contributed by atoms with Gasteiger partial charge in [-0.1, -0.05) is 374 Å². The van der Waals surface area contributed by atoms with E-state index in [0.29, 0.717) is 25.7 Å². The van der Waals surface area contributed by atoms with Crippen LogP contribution < -0.4 is 0 Å². The van der Waals surface area contributed by atoms with Crippen LogP contribution in [0.1, 0.15) is 426 Å². The molecule has 0 saturated heterocycles. The van der Waals surface area contributed by atoms with E-state index in [9.17, 15) is 43.2 Å². The standard InChI is InChI=1S/C84H160O17P2/c1-6-10-13-16-19-22-24-26-28-31-36-39-43-48-53-58-63-68-82(87)95-74-80(101-84(89)70-65-60-55-50-45-41-37-33-30-29-32-35-38-42-47-51-56-61-66-77(5)9-4)76-99-103(92,93)97-72-78(85)71-96-102(90,91)98-75-79(73-94-81(86)67-62-57-52-46-21-18-15-12-8-3)100-83(88)69-64-59-54-49-44-40-34-27-25-23-20-17-14-11-7-2/h23,25,27,34,77-80,85H,6-22,24,26,28-33,35-76H2,1-5H3,(H,90,91)(H,92,93)/b25-23-,34-27-/t77?,78-,79+,80+/m0/s1. The van der Waals surface area contributed by atoms with Gasteiger partial charge in [-0.25, -0.2) is 9.13 Å². The Morgan fingerprint density at radius 1 is 0.311 bits per heavy atom. The quantitative estimate of drug-likeness (QED) is 0.0169. The van der Waals surface area contributed by atoms with E-state index >= 15 is 0 Å². The number of aliphatic hydroxyl groups excluding tert-OH is 1. The Morgan fingerprint density at radius 2 is 0.544 bits per heavy atom. The molecule has 0 aromatic heterocycles. The Hall–Kier alpha value is -2.46. The first-order chi connectivity index (χ1) is 50.1. The Morgan fingerprint density at radius 3 is 0.825 bits per heavy atom. The summed E-state index contributed by atoms with van der Waals surface area (Å²) in [5.41, 5.74) is 0. The maximum atomic E-state index is 13.1. The average molecular weight is 1500 g/mol. The highest BCUT2D eigenvalue weighted by Crippen LogP contribution is 2.45. The number of hydrogen-bond donors (Lipinski definition) is 3. The lowest BCUT2D eigenvalue weighted by atomic mass is 9.99. The molecular weight excluding hydrogens is 1340 g/mol. The van der Waals surface area contributed by atoms with Gasteiger partial charge in [0.2, 0.25) is 0 Å². The summed E-state index contributed by atoms with van der Waals surface area (Å²) >= 11 is 0. The first kappa shape index (κ1) is 101. The third-order valence-corrected chi connectivity index (χ3v) is 21.4.